The summed E-state index contributed by atoms with van der Waals surface area (Å²) < 4.78 is 6.25. The number of aliphatic carboxylic acids is 1. The first-order chi connectivity index (χ1) is 24.7. The summed E-state index contributed by atoms with van der Waals surface area (Å²) in [7, 11) is 0. The molecular formula is C40H37N7O4. The quantitative estimate of drug-likeness (QED) is 0.155. The number of likely N-dealkylation sites (tertiary alicyclic amines) is 2. The van der Waals surface area contributed by atoms with E-state index in [4.69, 9.17) is 14.4 Å². The highest BCUT2D eigenvalue weighted by Gasteiger charge is 2.32. The molecular weight excluding hydrogens is 642 g/mol. The predicted molar refractivity (Wildman–Crippen MR) is 194 cm³/mol. The summed E-state index contributed by atoms with van der Waals surface area (Å²) in [4.78, 5) is 29.8. The van der Waals surface area contributed by atoms with Crippen LogP contribution in [0.2, 0.25) is 0 Å². The highest BCUT2D eigenvalue weighted by atomic mass is 16.4. The van der Waals surface area contributed by atoms with Crippen molar-refractivity contribution in [3.63, 3.8) is 0 Å². The largest absolute Gasteiger partial charge is 0.481 e. The third-order valence-electron chi connectivity index (χ3n) is 10.1. The van der Waals surface area contributed by atoms with Gasteiger partial charge in [-0.25, -0.2) is 9.97 Å². The van der Waals surface area contributed by atoms with Crippen LogP contribution in [-0.4, -0.2) is 73.2 Å². The molecule has 5 heterocycles. The summed E-state index contributed by atoms with van der Waals surface area (Å²) in [6.07, 6.45) is 4.24. The van der Waals surface area contributed by atoms with Gasteiger partial charge in [0.2, 0.25) is 5.89 Å². The number of oxazole rings is 1. The van der Waals surface area contributed by atoms with Crippen LogP contribution in [0.15, 0.2) is 77.5 Å². The standard InChI is InChI=1S/C40H37N7O4/c1-23-31(5-3-7-33(23)39-45-35-15-25(13-28(16-41)37(35)51-39)18-47-20-29(21-47)40(49)50)32-6-4-8-34(24(32)2)44-38-36-27(9-11-42-38)14-26(17-43-36)19-46-12-10-30(48)22-46/h3-9,11,13-15,17,29-30,48H,10,12,18-22H2,1-2H3,(H,42,44)(H,49,50). The Morgan fingerprint density at radius 1 is 0.961 bits per heavy atom. The SMILES string of the molecule is Cc1c(Nc2nccc3cc(CN4CCC(O)C4)cnc23)cccc1-c1cccc(-c2nc3cc(CN4CC(C(=O)O)C4)cc(C#N)c3o2)c1C. The van der Waals surface area contributed by atoms with E-state index in [-0.39, 0.29) is 12.0 Å². The number of nitriles is 1. The lowest BCUT2D eigenvalue weighted by molar-refractivity contribution is -0.147. The number of aliphatic hydroxyl groups is 1. The van der Waals surface area contributed by atoms with Crippen molar-refractivity contribution in [2.24, 2.45) is 5.92 Å². The number of fused-ring (bicyclic) bond motifs is 2. The van der Waals surface area contributed by atoms with Crippen LogP contribution < -0.4 is 5.32 Å². The third kappa shape index (κ3) is 6.30. The number of rotatable bonds is 9. The molecule has 51 heavy (non-hydrogen) atoms. The Hall–Kier alpha value is -5.67. The molecule has 1 unspecified atom stereocenters. The molecule has 0 aliphatic carbocycles. The predicted octanol–water partition coefficient (Wildman–Crippen LogP) is 6.42. The summed E-state index contributed by atoms with van der Waals surface area (Å²) in [5, 5.41) is 33.6. The molecule has 0 amide bonds. The van der Waals surface area contributed by atoms with Crippen molar-refractivity contribution in [2.75, 3.05) is 31.5 Å². The molecule has 2 aliphatic rings. The lowest BCUT2D eigenvalue weighted by Crippen LogP contribution is -2.49. The number of pyridine rings is 2. The van der Waals surface area contributed by atoms with Gasteiger partial charge in [-0.1, -0.05) is 24.3 Å². The van der Waals surface area contributed by atoms with Crippen molar-refractivity contribution >= 4 is 39.5 Å². The minimum atomic E-state index is -0.777. The third-order valence-corrected chi connectivity index (χ3v) is 10.1. The Bertz CT molecular complexity index is 2360. The number of hydrogen-bond donors (Lipinski definition) is 3. The number of nitrogens with zero attached hydrogens (tertiary/aromatic N) is 6. The lowest BCUT2D eigenvalue weighted by Gasteiger charge is -2.36. The molecule has 3 aromatic carbocycles. The highest BCUT2D eigenvalue weighted by Crippen LogP contribution is 2.38. The van der Waals surface area contributed by atoms with E-state index >= 15 is 0 Å². The number of carboxylic acid groups (broad SMARTS) is 1. The maximum Gasteiger partial charge on any atom is 0.309 e. The maximum atomic E-state index is 11.2. The Morgan fingerprint density at radius 2 is 1.73 bits per heavy atom. The molecule has 0 spiro atoms. The molecule has 2 fully saturated rings. The van der Waals surface area contributed by atoms with Gasteiger partial charge in [-0.15, -0.1) is 0 Å². The van der Waals surface area contributed by atoms with Gasteiger partial charge in [0.05, 0.1) is 17.6 Å². The average molecular weight is 680 g/mol. The maximum absolute atomic E-state index is 11.2. The van der Waals surface area contributed by atoms with Crippen molar-refractivity contribution < 1.29 is 19.4 Å². The van der Waals surface area contributed by atoms with E-state index < -0.39 is 5.97 Å². The van der Waals surface area contributed by atoms with Crippen LogP contribution in [-0.2, 0) is 17.9 Å². The lowest BCUT2D eigenvalue weighted by atomic mass is 9.93. The molecule has 11 heteroatoms. The molecule has 0 saturated carbocycles. The van der Waals surface area contributed by atoms with Gasteiger partial charge in [0.15, 0.2) is 11.4 Å². The smallest absolute Gasteiger partial charge is 0.309 e. The fourth-order valence-electron chi connectivity index (χ4n) is 7.34. The summed E-state index contributed by atoms with van der Waals surface area (Å²) in [6.45, 7) is 7.99. The number of aliphatic hydroxyl groups excluding tert-OH is 1. The number of anilines is 2. The van der Waals surface area contributed by atoms with Gasteiger partial charge in [-0.05, 0) is 90.0 Å². The molecule has 2 saturated heterocycles. The Balaban J connectivity index is 1.07. The van der Waals surface area contributed by atoms with Crippen molar-refractivity contribution in [2.45, 2.75) is 39.5 Å². The second kappa shape index (κ2) is 13.2. The Labute approximate surface area is 294 Å². The molecule has 2 aliphatic heterocycles. The number of aromatic nitrogens is 3. The van der Waals surface area contributed by atoms with E-state index in [2.05, 4.69) is 53.3 Å². The second-order valence-corrected chi connectivity index (χ2v) is 13.7. The molecule has 11 nitrogen and oxygen atoms in total. The minimum absolute atomic E-state index is 0.254. The van der Waals surface area contributed by atoms with Crippen LogP contribution in [0, 0.1) is 31.1 Å². The van der Waals surface area contributed by atoms with E-state index in [1.807, 2.05) is 47.5 Å². The van der Waals surface area contributed by atoms with E-state index in [1.165, 1.54) is 0 Å². The van der Waals surface area contributed by atoms with Crippen LogP contribution in [0.5, 0.6) is 0 Å². The number of benzene rings is 3. The first kappa shape index (κ1) is 32.5. The van der Waals surface area contributed by atoms with Crippen LogP contribution in [0.4, 0.5) is 11.5 Å². The van der Waals surface area contributed by atoms with Gasteiger partial charge in [0.1, 0.15) is 17.1 Å². The molecule has 256 valence electrons. The zero-order chi connectivity index (χ0) is 35.2. The van der Waals surface area contributed by atoms with Gasteiger partial charge >= 0.3 is 5.97 Å². The van der Waals surface area contributed by atoms with Crippen molar-refractivity contribution in [1.29, 1.82) is 5.26 Å². The fourth-order valence-corrected chi connectivity index (χ4v) is 7.34. The number of nitrogens with one attached hydrogen (secondary N) is 1. The van der Waals surface area contributed by atoms with Gasteiger partial charge in [-0.3, -0.25) is 19.6 Å². The zero-order valence-electron chi connectivity index (χ0n) is 28.4. The summed E-state index contributed by atoms with van der Waals surface area (Å²) in [5.41, 5.74) is 10.1. The summed E-state index contributed by atoms with van der Waals surface area (Å²) >= 11 is 0. The van der Waals surface area contributed by atoms with Crippen LogP contribution in [0.25, 0.3) is 44.6 Å². The normalized spacial score (nSPS) is 16.8. The summed E-state index contributed by atoms with van der Waals surface area (Å²) in [6, 6.07) is 22.3. The average Bonchev–Trinajstić information content (AvgIpc) is 3.72. The Kier molecular flexibility index (Phi) is 8.44. The second-order valence-electron chi connectivity index (χ2n) is 13.7. The minimum Gasteiger partial charge on any atom is -0.481 e. The highest BCUT2D eigenvalue weighted by molar-refractivity contribution is 5.91. The number of carbonyl (C=O) groups is 1. The van der Waals surface area contributed by atoms with Crippen LogP contribution in [0.1, 0.15) is 34.2 Å². The first-order valence-electron chi connectivity index (χ1n) is 17.1. The number of hydrogen-bond acceptors (Lipinski definition) is 10. The van der Waals surface area contributed by atoms with Crippen LogP contribution in [0.3, 0.4) is 0 Å². The molecule has 6 aromatic rings. The molecule has 8 rings (SSSR count). The monoisotopic (exact) mass is 679 g/mol. The van der Waals surface area contributed by atoms with E-state index in [0.29, 0.717) is 54.6 Å². The van der Waals surface area contributed by atoms with Crippen molar-refractivity contribution in [3.05, 3.63) is 101 Å². The fraction of sp³-hybridized carbons (Fsp3) is 0.275. The Morgan fingerprint density at radius 3 is 2.49 bits per heavy atom. The molecule has 1 atom stereocenters. The zero-order valence-corrected chi connectivity index (χ0v) is 28.4. The van der Waals surface area contributed by atoms with Gasteiger partial charge in [0.25, 0.3) is 0 Å². The summed E-state index contributed by atoms with van der Waals surface area (Å²) in [5.74, 6) is -0.0101. The van der Waals surface area contributed by atoms with Gasteiger partial charge < -0.3 is 19.9 Å². The molecule has 0 bridgehead atoms. The number of carboxylic acids is 1. The molecule has 3 aromatic heterocycles. The van der Waals surface area contributed by atoms with E-state index in [9.17, 15) is 20.3 Å². The molecule has 3 N–H and O–H groups in total. The number of β-amino-alcohol motifs (C(OH)–C–C–N with tert-alkyl or cyclic N) is 1. The van der Waals surface area contributed by atoms with Gasteiger partial charge in [-0.2, -0.15) is 5.26 Å². The first-order valence-corrected chi connectivity index (χ1v) is 17.1. The molecule has 0 radical (unpaired) electrons. The van der Waals surface area contributed by atoms with Crippen molar-refractivity contribution in [1.82, 2.24) is 24.8 Å². The van der Waals surface area contributed by atoms with Crippen molar-refractivity contribution in [3.8, 4) is 28.7 Å². The van der Waals surface area contributed by atoms with E-state index in [1.54, 1.807) is 12.3 Å². The topological polar surface area (TPSA) is 152 Å². The van der Waals surface area contributed by atoms with E-state index in [0.717, 1.165) is 75.0 Å². The van der Waals surface area contributed by atoms with Gasteiger partial charge in [0, 0.05) is 68.3 Å². The van der Waals surface area contributed by atoms with Crippen LogP contribution >= 0.6 is 0 Å².